The van der Waals surface area contributed by atoms with Gasteiger partial charge in [0.05, 0.1) is 21.3 Å². The molecule has 29 heavy (non-hydrogen) atoms. The van der Waals surface area contributed by atoms with Crippen molar-refractivity contribution < 1.29 is 14.2 Å². The van der Waals surface area contributed by atoms with Crippen LogP contribution in [-0.2, 0) is 19.5 Å². The first-order valence-corrected chi connectivity index (χ1v) is 9.07. The molecule has 0 aliphatic carbocycles. The van der Waals surface area contributed by atoms with Crippen molar-refractivity contribution in [1.29, 1.82) is 0 Å². The van der Waals surface area contributed by atoms with Gasteiger partial charge in [0, 0.05) is 25.7 Å². The van der Waals surface area contributed by atoms with E-state index in [9.17, 15) is 0 Å². The van der Waals surface area contributed by atoms with E-state index in [0.717, 1.165) is 28.2 Å². The fraction of sp³-hybridized carbons (Fsp3) is 0.318. The lowest BCUT2D eigenvalue weighted by molar-refractivity contribution is 0.352. The molecule has 7 heteroatoms. The third-order valence-corrected chi connectivity index (χ3v) is 4.26. The van der Waals surface area contributed by atoms with Crippen molar-refractivity contribution in [1.82, 2.24) is 10.6 Å². The first-order valence-electron chi connectivity index (χ1n) is 9.07. The Kier molecular flexibility index (Phi) is 11.0. The molecule has 0 spiro atoms. The van der Waals surface area contributed by atoms with Crippen LogP contribution in [-0.4, -0.2) is 34.3 Å². The molecular weight excluding hydrogens is 481 g/mol. The molecule has 2 N–H and O–H groups in total. The first kappa shape index (κ1) is 24.6. The largest absolute Gasteiger partial charge is 0.497 e. The van der Waals surface area contributed by atoms with E-state index in [0.29, 0.717) is 31.2 Å². The summed E-state index contributed by atoms with van der Waals surface area (Å²) in [7, 11) is 6.70. The van der Waals surface area contributed by atoms with Crippen molar-refractivity contribution in [3.8, 4) is 17.2 Å². The summed E-state index contributed by atoms with van der Waals surface area (Å²) in [6, 6.07) is 12.0. The highest BCUT2D eigenvalue weighted by Gasteiger charge is 2.12. The van der Waals surface area contributed by atoms with Gasteiger partial charge < -0.3 is 24.8 Å². The third kappa shape index (κ3) is 7.16. The second-order valence-electron chi connectivity index (χ2n) is 6.11. The second-order valence-corrected chi connectivity index (χ2v) is 6.11. The second kappa shape index (κ2) is 12.9. The molecule has 2 aromatic carbocycles. The summed E-state index contributed by atoms with van der Waals surface area (Å²) in [5, 5.41) is 6.64. The van der Waals surface area contributed by atoms with Gasteiger partial charge in [-0.3, -0.25) is 4.99 Å². The molecule has 0 aliphatic rings. The van der Waals surface area contributed by atoms with Crippen LogP contribution in [0.3, 0.4) is 0 Å². The van der Waals surface area contributed by atoms with Crippen LogP contribution in [0.2, 0.25) is 0 Å². The Hall–Kier alpha value is -2.42. The standard InChI is InChI=1S/C22H29N3O3.HI/c1-6-8-18-11-17(13-20(27-4)21(18)28-5)15-25-22(23-2)24-14-16-9-7-10-19(12-16)26-3;/h6-7,9-13H,1,8,14-15H2,2-5H3,(H2,23,24,25);1H. The zero-order valence-corrected chi connectivity index (χ0v) is 19.8. The molecule has 0 radical (unpaired) electrons. The molecule has 0 fully saturated rings. The molecule has 0 atom stereocenters. The Labute approximate surface area is 190 Å². The number of benzene rings is 2. The Morgan fingerprint density at radius 1 is 1.00 bits per heavy atom. The normalized spacial score (nSPS) is 10.6. The lowest BCUT2D eigenvalue weighted by Crippen LogP contribution is -2.36. The lowest BCUT2D eigenvalue weighted by atomic mass is 10.1. The van der Waals surface area contributed by atoms with Gasteiger partial charge in [0.1, 0.15) is 5.75 Å². The molecule has 6 nitrogen and oxygen atoms in total. The van der Waals surface area contributed by atoms with Crippen LogP contribution in [0.15, 0.2) is 54.0 Å². The van der Waals surface area contributed by atoms with E-state index in [2.05, 4.69) is 28.3 Å². The van der Waals surface area contributed by atoms with Gasteiger partial charge in [-0.25, -0.2) is 0 Å². The van der Waals surface area contributed by atoms with Crippen LogP contribution in [0.25, 0.3) is 0 Å². The number of aliphatic imine (C=N–C) groups is 1. The lowest BCUT2D eigenvalue weighted by Gasteiger charge is -2.16. The van der Waals surface area contributed by atoms with Crippen molar-refractivity contribution in [2.75, 3.05) is 28.4 Å². The molecule has 0 aliphatic heterocycles. The molecule has 2 aromatic rings. The number of hydrogen-bond donors (Lipinski definition) is 2. The highest BCUT2D eigenvalue weighted by molar-refractivity contribution is 14.0. The van der Waals surface area contributed by atoms with E-state index < -0.39 is 0 Å². The summed E-state index contributed by atoms with van der Waals surface area (Å²) in [5.74, 6) is 3.00. The topological polar surface area (TPSA) is 64.1 Å². The van der Waals surface area contributed by atoms with Gasteiger partial charge in [0.25, 0.3) is 0 Å². The van der Waals surface area contributed by atoms with Crippen LogP contribution in [0.5, 0.6) is 17.2 Å². The van der Waals surface area contributed by atoms with Crippen molar-refractivity contribution in [2.45, 2.75) is 19.5 Å². The van der Waals surface area contributed by atoms with Crippen LogP contribution in [0, 0.1) is 0 Å². The first-order chi connectivity index (χ1) is 13.6. The van der Waals surface area contributed by atoms with Gasteiger partial charge in [-0.15, -0.1) is 30.6 Å². The molecule has 0 bridgehead atoms. The number of rotatable bonds is 9. The summed E-state index contributed by atoms with van der Waals surface area (Å²) < 4.78 is 16.2. The van der Waals surface area contributed by atoms with Crippen molar-refractivity contribution in [3.63, 3.8) is 0 Å². The van der Waals surface area contributed by atoms with Crippen LogP contribution in [0.1, 0.15) is 16.7 Å². The molecule has 2 rings (SSSR count). The minimum Gasteiger partial charge on any atom is -0.497 e. The Morgan fingerprint density at radius 3 is 2.31 bits per heavy atom. The van der Waals surface area contributed by atoms with E-state index in [4.69, 9.17) is 14.2 Å². The third-order valence-electron chi connectivity index (χ3n) is 4.26. The van der Waals surface area contributed by atoms with Gasteiger partial charge in [-0.05, 0) is 41.8 Å². The van der Waals surface area contributed by atoms with Gasteiger partial charge >= 0.3 is 0 Å². The Bertz CT molecular complexity index is 825. The molecule has 158 valence electrons. The molecule has 0 heterocycles. The van der Waals surface area contributed by atoms with E-state index in [-0.39, 0.29) is 24.0 Å². The van der Waals surface area contributed by atoms with E-state index >= 15 is 0 Å². The van der Waals surface area contributed by atoms with Gasteiger partial charge in [0.15, 0.2) is 17.5 Å². The highest BCUT2D eigenvalue weighted by Crippen LogP contribution is 2.33. The summed E-state index contributed by atoms with van der Waals surface area (Å²) in [5.41, 5.74) is 3.22. The fourth-order valence-corrected chi connectivity index (χ4v) is 2.89. The van der Waals surface area contributed by atoms with E-state index in [1.807, 2.05) is 36.4 Å². The molecule has 0 amide bonds. The number of allylic oxidation sites excluding steroid dienone is 1. The number of methoxy groups -OCH3 is 3. The predicted molar refractivity (Wildman–Crippen MR) is 129 cm³/mol. The quantitative estimate of drug-likeness (QED) is 0.231. The van der Waals surface area contributed by atoms with E-state index in [1.165, 1.54) is 0 Å². The number of hydrogen-bond acceptors (Lipinski definition) is 4. The molecule has 0 saturated heterocycles. The maximum atomic E-state index is 5.49. The van der Waals surface area contributed by atoms with Gasteiger partial charge in [-0.1, -0.05) is 18.2 Å². The highest BCUT2D eigenvalue weighted by atomic mass is 127. The number of nitrogens with zero attached hydrogens (tertiary/aromatic N) is 1. The zero-order valence-electron chi connectivity index (χ0n) is 17.5. The molecule has 0 unspecified atom stereocenters. The zero-order chi connectivity index (χ0) is 20.4. The maximum absolute atomic E-state index is 5.49. The summed E-state index contributed by atoms with van der Waals surface area (Å²) >= 11 is 0. The minimum atomic E-state index is 0. The number of guanidine groups is 1. The maximum Gasteiger partial charge on any atom is 0.191 e. The summed E-state index contributed by atoms with van der Waals surface area (Å²) in [6.45, 7) is 5.06. The molecule has 0 aromatic heterocycles. The smallest absolute Gasteiger partial charge is 0.191 e. The molecular formula is C22H30IN3O3. The van der Waals surface area contributed by atoms with E-state index in [1.54, 1.807) is 28.4 Å². The van der Waals surface area contributed by atoms with Gasteiger partial charge in [-0.2, -0.15) is 0 Å². The Morgan fingerprint density at radius 2 is 1.72 bits per heavy atom. The number of ether oxygens (including phenoxy) is 3. The van der Waals surface area contributed by atoms with Crippen LogP contribution < -0.4 is 24.8 Å². The van der Waals surface area contributed by atoms with Gasteiger partial charge in [0.2, 0.25) is 0 Å². The SMILES string of the molecule is C=CCc1cc(CNC(=NC)NCc2cccc(OC)c2)cc(OC)c1OC.I. The molecule has 0 saturated carbocycles. The fourth-order valence-electron chi connectivity index (χ4n) is 2.89. The summed E-state index contributed by atoms with van der Waals surface area (Å²) in [4.78, 5) is 4.29. The van der Waals surface area contributed by atoms with Crippen LogP contribution >= 0.6 is 24.0 Å². The van der Waals surface area contributed by atoms with Crippen molar-refractivity contribution in [2.24, 2.45) is 4.99 Å². The van der Waals surface area contributed by atoms with Crippen molar-refractivity contribution >= 4 is 29.9 Å². The summed E-state index contributed by atoms with van der Waals surface area (Å²) in [6.07, 6.45) is 2.55. The minimum absolute atomic E-state index is 0. The number of halogens is 1. The average molecular weight is 511 g/mol. The van der Waals surface area contributed by atoms with Crippen molar-refractivity contribution in [3.05, 3.63) is 65.7 Å². The monoisotopic (exact) mass is 511 g/mol. The van der Waals surface area contributed by atoms with Crippen LogP contribution in [0.4, 0.5) is 0 Å². The Balaban J connectivity index is 0.00000420. The average Bonchev–Trinajstić information content (AvgIpc) is 2.73. The number of nitrogens with one attached hydrogen (secondary N) is 2. The predicted octanol–water partition coefficient (Wildman–Crippen LogP) is 3.92.